The van der Waals surface area contributed by atoms with Gasteiger partial charge < -0.3 is 10.8 Å². The van der Waals surface area contributed by atoms with Gasteiger partial charge in [-0.3, -0.25) is 0 Å². The highest BCUT2D eigenvalue weighted by molar-refractivity contribution is 9.10. The summed E-state index contributed by atoms with van der Waals surface area (Å²) in [5, 5.41) is 17.6. The van der Waals surface area contributed by atoms with Gasteiger partial charge in [0.2, 0.25) is 0 Å². The van der Waals surface area contributed by atoms with Crippen LogP contribution in [0.1, 0.15) is 18.0 Å². The number of halogens is 1. The Kier molecular flexibility index (Phi) is 3.29. The van der Waals surface area contributed by atoms with Crippen molar-refractivity contribution in [1.82, 2.24) is 0 Å². The first kappa shape index (κ1) is 10.0. The van der Waals surface area contributed by atoms with Crippen LogP contribution in [0.15, 0.2) is 22.7 Å². The highest BCUT2D eigenvalue weighted by Crippen LogP contribution is 2.27. The Morgan fingerprint density at radius 3 is 2.85 bits per heavy atom. The van der Waals surface area contributed by atoms with Crippen molar-refractivity contribution in [3.05, 3.63) is 28.2 Å². The molecule has 1 aromatic carbocycles. The van der Waals surface area contributed by atoms with E-state index < -0.39 is 0 Å². The lowest BCUT2D eigenvalue weighted by atomic mass is 10.1. The molecule has 3 N–H and O–H groups in total. The summed E-state index contributed by atoms with van der Waals surface area (Å²) in [7, 11) is 0. The first-order valence-electron chi connectivity index (χ1n) is 3.76. The van der Waals surface area contributed by atoms with Crippen LogP contribution in [0.3, 0.4) is 0 Å². The second-order valence-corrected chi connectivity index (χ2v) is 3.53. The minimum absolute atomic E-state index is 0.180. The van der Waals surface area contributed by atoms with Crippen LogP contribution >= 0.6 is 15.9 Å². The summed E-state index contributed by atoms with van der Waals surface area (Å²) in [6.07, 6.45) is 0.267. The number of nitrogens with two attached hydrogens (primary N) is 1. The Morgan fingerprint density at radius 1 is 1.62 bits per heavy atom. The number of phenolic OH excluding ortho intramolecular Hbond substituents is 1. The summed E-state index contributed by atoms with van der Waals surface area (Å²) < 4.78 is 0.732. The van der Waals surface area contributed by atoms with E-state index in [1.165, 1.54) is 0 Å². The molecule has 1 atom stereocenters. The molecule has 0 saturated carbocycles. The molecule has 0 fully saturated rings. The standard InChI is InChI=1S/C9H9BrN2O/c10-8-5-6(13)1-2-7(8)9(12)3-4-11/h1-2,5,9,13H,3,12H2/t9-/m1/s1. The van der Waals surface area contributed by atoms with E-state index in [9.17, 15) is 0 Å². The molecule has 0 aliphatic rings. The third-order valence-corrected chi connectivity index (χ3v) is 2.38. The van der Waals surface area contributed by atoms with Gasteiger partial charge in [0.15, 0.2) is 0 Å². The molecule has 4 heteroatoms. The normalized spacial score (nSPS) is 12.1. The van der Waals surface area contributed by atoms with E-state index in [-0.39, 0.29) is 18.2 Å². The molecule has 1 rings (SSSR count). The zero-order valence-corrected chi connectivity index (χ0v) is 8.45. The van der Waals surface area contributed by atoms with Gasteiger partial charge in [-0.1, -0.05) is 22.0 Å². The molecule has 0 aliphatic heterocycles. The summed E-state index contributed by atoms with van der Waals surface area (Å²) in [5.74, 6) is 0.180. The van der Waals surface area contributed by atoms with Crippen molar-refractivity contribution in [2.24, 2.45) is 5.73 Å². The number of hydrogen-bond donors (Lipinski definition) is 2. The first-order valence-corrected chi connectivity index (χ1v) is 4.55. The van der Waals surface area contributed by atoms with Crippen LogP contribution in [0.2, 0.25) is 0 Å². The van der Waals surface area contributed by atoms with E-state index in [0.717, 1.165) is 10.0 Å². The minimum Gasteiger partial charge on any atom is -0.508 e. The van der Waals surface area contributed by atoms with E-state index in [1.807, 2.05) is 6.07 Å². The van der Waals surface area contributed by atoms with Gasteiger partial charge in [-0.15, -0.1) is 0 Å². The Bertz CT molecular complexity index is 346. The summed E-state index contributed by atoms with van der Waals surface area (Å²) in [6, 6.07) is 6.52. The lowest BCUT2D eigenvalue weighted by molar-refractivity contribution is 0.474. The summed E-state index contributed by atoms with van der Waals surface area (Å²) in [6.45, 7) is 0. The fraction of sp³-hybridized carbons (Fsp3) is 0.222. The third-order valence-electron chi connectivity index (χ3n) is 1.69. The zero-order valence-electron chi connectivity index (χ0n) is 6.87. The minimum atomic E-state index is -0.306. The third kappa shape index (κ3) is 2.44. The number of nitrogens with zero attached hydrogens (tertiary/aromatic N) is 1. The zero-order chi connectivity index (χ0) is 9.84. The molecule has 13 heavy (non-hydrogen) atoms. The van der Waals surface area contributed by atoms with Crippen molar-refractivity contribution < 1.29 is 5.11 Å². The van der Waals surface area contributed by atoms with E-state index in [2.05, 4.69) is 15.9 Å². The number of nitriles is 1. The predicted molar refractivity (Wildman–Crippen MR) is 53.0 cm³/mol. The molecule has 1 aromatic rings. The molecule has 0 saturated heterocycles. The Balaban J connectivity index is 2.96. The largest absolute Gasteiger partial charge is 0.508 e. The predicted octanol–water partition coefficient (Wildman–Crippen LogP) is 2.07. The van der Waals surface area contributed by atoms with Crippen LogP contribution in [0.5, 0.6) is 5.75 Å². The van der Waals surface area contributed by atoms with Crippen LogP contribution in [0.25, 0.3) is 0 Å². The number of hydrogen-bond acceptors (Lipinski definition) is 3. The van der Waals surface area contributed by atoms with Crippen LogP contribution in [0, 0.1) is 11.3 Å². The number of phenols is 1. The Hall–Kier alpha value is -1.05. The number of rotatable bonds is 2. The van der Waals surface area contributed by atoms with Gasteiger partial charge in [-0.05, 0) is 17.7 Å². The Morgan fingerprint density at radius 2 is 2.31 bits per heavy atom. The maximum absolute atomic E-state index is 9.11. The molecule has 0 radical (unpaired) electrons. The smallest absolute Gasteiger partial charge is 0.116 e. The van der Waals surface area contributed by atoms with Crippen molar-refractivity contribution in [2.45, 2.75) is 12.5 Å². The van der Waals surface area contributed by atoms with Gasteiger partial charge in [-0.25, -0.2) is 0 Å². The van der Waals surface area contributed by atoms with Gasteiger partial charge >= 0.3 is 0 Å². The van der Waals surface area contributed by atoms with E-state index >= 15 is 0 Å². The maximum atomic E-state index is 9.11. The van der Waals surface area contributed by atoms with Crippen molar-refractivity contribution >= 4 is 15.9 Å². The van der Waals surface area contributed by atoms with Crippen LogP contribution in [0.4, 0.5) is 0 Å². The summed E-state index contributed by atoms with van der Waals surface area (Å²) >= 11 is 3.27. The summed E-state index contributed by atoms with van der Waals surface area (Å²) in [5.41, 5.74) is 6.56. The molecule has 68 valence electrons. The van der Waals surface area contributed by atoms with E-state index in [0.29, 0.717) is 0 Å². The van der Waals surface area contributed by atoms with Crippen LogP contribution < -0.4 is 5.73 Å². The fourth-order valence-electron chi connectivity index (χ4n) is 1.03. The van der Waals surface area contributed by atoms with Crippen LogP contribution in [-0.2, 0) is 0 Å². The van der Waals surface area contributed by atoms with Crippen molar-refractivity contribution in [3.8, 4) is 11.8 Å². The summed E-state index contributed by atoms with van der Waals surface area (Å²) in [4.78, 5) is 0. The van der Waals surface area contributed by atoms with Gasteiger partial charge in [0.1, 0.15) is 5.75 Å². The first-order chi connectivity index (χ1) is 6.15. The van der Waals surface area contributed by atoms with Gasteiger partial charge in [0, 0.05) is 10.5 Å². The van der Waals surface area contributed by atoms with E-state index in [4.69, 9.17) is 16.1 Å². The lowest BCUT2D eigenvalue weighted by Gasteiger charge is -2.09. The van der Waals surface area contributed by atoms with Crippen molar-refractivity contribution in [3.63, 3.8) is 0 Å². The lowest BCUT2D eigenvalue weighted by Crippen LogP contribution is -2.09. The van der Waals surface area contributed by atoms with Gasteiger partial charge in [0.25, 0.3) is 0 Å². The van der Waals surface area contributed by atoms with Crippen LogP contribution in [-0.4, -0.2) is 5.11 Å². The van der Waals surface area contributed by atoms with E-state index in [1.54, 1.807) is 18.2 Å². The maximum Gasteiger partial charge on any atom is 0.116 e. The van der Waals surface area contributed by atoms with Gasteiger partial charge in [-0.2, -0.15) is 5.26 Å². The highest BCUT2D eigenvalue weighted by atomic mass is 79.9. The molecule has 0 heterocycles. The topological polar surface area (TPSA) is 70.0 Å². The quantitative estimate of drug-likeness (QED) is 0.832. The second-order valence-electron chi connectivity index (χ2n) is 2.67. The molecule has 0 unspecified atom stereocenters. The molecule has 0 aliphatic carbocycles. The Labute approximate surface area is 84.9 Å². The molecule has 0 spiro atoms. The fourth-order valence-corrected chi connectivity index (χ4v) is 1.69. The molecule has 0 aromatic heterocycles. The number of aromatic hydroxyl groups is 1. The average molecular weight is 241 g/mol. The SMILES string of the molecule is N#CC[C@@H](N)c1ccc(O)cc1Br. The van der Waals surface area contributed by atoms with Crippen molar-refractivity contribution in [2.75, 3.05) is 0 Å². The molecule has 0 bridgehead atoms. The second kappa shape index (κ2) is 4.26. The monoisotopic (exact) mass is 240 g/mol. The molecule has 3 nitrogen and oxygen atoms in total. The molecular formula is C9H9BrN2O. The highest BCUT2D eigenvalue weighted by Gasteiger charge is 2.09. The van der Waals surface area contributed by atoms with Crippen molar-refractivity contribution in [1.29, 1.82) is 5.26 Å². The molecule has 0 amide bonds. The average Bonchev–Trinajstić information content (AvgIpc) is 2.04. The molecular weight excluding hydrogens is 232 g/mol. The van der Waals surface area contributed by atoms with Gasteiger partial charge in [0.05, 0.1) is 12.5 Å². The number of benzene rings is 1.